The Hall–Kier alpha value is -1.03. The van der Waals surface area contributed by atoms with E-state index in [1.54, 1.807) is 0 Å². The van der Waals surface area contributed by atoms with Crippen molar-refractivity contribution in [2.45, 2.75) is 38.4 Å². The Labute approximate surface area is 91.3 Å². The molecule has 1 N–H and O–H groups in total. The van der Waals surface area contributed by atoms with Crippen LogP contribution < -0.4 is 5.32 Å². The highest BCUT2D eigenvalue weighted by atomic mass is 15.2. The fourth-order valence-corrected chi connectivity index (χ4v) is 1.45. The van der Waals surface area contributed by atoms with Crippen LogP contribution in [0.3, 0.4) is 0 Å². The van der Waals surface area contributed by atoms with Gasteiger partial charge < -0.3 is 14.8 Å². The van der Waals surface area contributed by atoms with Crippen LogP contribution in [0.25, 0.3) is 0 Å². The summed E-state index contributed by atoms with van der Waals surface area (Å²) in [5.74, 6) is 1.02. The minimum Gasteiger partial charge on any atom is -0.353 e. The fourth-order valence-electron chi connectivity index (χ4n) is 1.45. The highest BCUT2D eigenvalue weighted by Gasteiger charge is 2.22. The molecule has 0 amide bonds. The van der Waals surface area contributed by atoms with Crippen LogP contribution in [-0.2, 0) is 6.54 Å². The van der Waals surface area contributed by atoms with E-state index in [1.165, 1.54) is 12.8 Å². The van der Waals surface area contributed by atoms with Gasteiger partial charge in [-0.3, -0.25) is 0 Å². The summed E-state index contributed by atoms with van der Waals surface area (Å²) < 4.78 is 2.20. The van der Waals surface area contributed by atoms with Crippen molar-refractivity contribution in [3.63, 3.8) is 0 Å². The average Bonchev–Trinajstić information content (AvgIpc) is 2.88. The van der Waals surface area contributed by atoms with Gasteiger partial charge in [0.05, 0.1) is 0 Å². The van der Waals surface area contributed by atoms with Gasteiger partial charge in [0.15, 0.2) is 0 Å². The molecule has 4 heteroatoms. The molecule has 0 aromatic carbocycles. The Kier molecular flexibility index (Phi) is 2.95. The van der Waals surface area contributed by atoms with E-state index in [-0.39, 0.29) is 0 Å². The van der Waals surface area contributed by atoms with Gasteiger partial charge in [0.25, 0.3) is 0 Å². The third-order valence-corrected chi connectivity index (χ3v) is 2.97. The first-order valence-electron chi connectivity index (χ1n) is 5.61. The van der Waals surface area contributed by atoms with Gasteiger partial charge in [-0.25, -0.2) is 4.98 Å². The van der Waals surface area contributed by atoms with Crippen molar-refractivity contribution in [1.82, 2.24) is 14.5 Å². The van der Waals surface area contributed by atoms with Crippen molar-refractivity contribution in [3.8, 4) is 0 Å². The topological polar surface area (TPSA) is 33.1 Å². The summed E-state index contributed by atoms with van der Waals surface area (Å²) in [4.78, 5) is 6.57. The van der Waals surface area contributed by atoms with E-state index in [2.05, 4.69) is 40.8 Å². The standard InChI is InChI=1S/C11H20N4/c1-9(14(2)3)8-15-7-6-12-11(15)13-10-4-5-10/h6-7,9-10H,4-5,8H2,1-3H3,(H,12,13). The molecule has 1 atom stereocenters. The molecule has 1 aromatic heterocycles. The molecule has 0 bridgehead atoms. The van der Waals surface area contributed by atoms with E-state index in [1.807, 2.05) is 12.4 Å². The summed E-state index contributed by atoms with van der Waals surface area (Å²) in [6.45, 7) is 3.21. The average molecular weight is 208 g/mol. The van der Waals surface area contributed by atoms with E-state index in [4.69, 9.17) is 0 Å². The van der Waals surface area contributed by atoms with Crippen LogP contribution in [0.4, 0.5) is 5.95 Å². The molecule has 1 saturated carbocycles. The number of hydrogen-bond acceptors (Lipinski definition) is 3. The summed E-state index contributed by atoms with van der Waals surface area (Å²) in [5, 5.41) is 3.44. The number of imidazole rings is 1. The van der Waals surface area contributed by atoms with Gasteiger partial charge in [-0.15, -0.1) is 0 Å². The van der Waals surface area contributed by atoms with Crippen LogP contribution in [0.5, 0.6) is 0 Å². The molecular formula is C11H20N4. The van der Waals surface area contributed by atoms with Gasteiger partial charge in [0.1, 0.15) is 0 Å². The normalized spacial score (nSPS) is 18.1. The number of aromatic nitrogens is 2. The third-order valence-electron chi connectivity index (χ3n) is 2.97. The molecule has 4 nitrogen and oxygen atoms in total. The quantitative estimate of drug-likeness (QED) is 0.794. The largest absolute Gasteiger partial charge is 0.353 e. The zero-order chi connectivity index (χ0) is 10.8. The van der Waals surface area contributed by atoms with Gasteiger partial charge in [0, 0.05) is 31.0 Å². The highest BCUT2D eigenvalue weighted by molar-refractivity contribution is 5.29. The van der Waals surface area contributed by atoms with Gasteiger partial charge in [-0.2, -0.15) is 0 Å². The Morgan fingerprint density at radius 1 is 1.60 bits per heavy atom. The molecular weight excluding hydrogens is 188 g/mol. The molecule has 0 spiro atoms. The molecule has 0 aliphatic heterocycles. The number of hydrogen-bond donors (Lipinski definition) is 1. The predicted molar refractivity (Wildman–Crippen MR) is 62.0 cm³/mol. The Balaban J connectivity index is 1.97. The SMILES string of the molecule is CC(Cn1ccnc1NC1CC1)N(C)C. The summed E-state index contributed by atoms with van der Waals surface area (Å²) in [6.07, 6.45) is 6.49. The van der Waals surface area contributed by atoms with Crippen LogP contribution >= 0.6 is 0 Å². The van der Waals surface area contributed by atoms with Crippen LogP contribution in [0, 0.1) is 0 Å². The van der Waals surface area contributed by atoms with Gasteiger partial charge in [-0.1, -0.05) is 0 Å². The van der Waals surface area contributed by atoms with Gasteiger partial charge >= 0.3 is 0 Å². The second-order valence-electron chi connectivity index (χ2n) is 4.63. The second-order valence-corrected chi connectivity index (χ2v) is 4.63. The lowest BCUT2D eigenvalue weighted by atomic mass is 10.3. The smallest absolute Gasteiger partial charge is 0.203 e. The maximum absolute atomic E-state index is 4.34. The van der Waals surface area contributed by atoms with Crippen LogP contribution in [0.15, 0.2) is 12.4 Å². The molecule has 0 radical (unpaired) electrons. The molecule has 1 heterocycles. The zero-order valence-corrected chi connectivity index (χ0v) is 9.77. The molecule has 1 aliphatic carbocycles. The molecule has 84 valence electrons. The lowest BCUT2D eigenvalue weighted by Gasteiger charge is -2.21. The molecule has 0 saturated heterocycles. The lowest BCUT2D eigenvalue weighted by molar-refractivity contribution is 0.285. The second kappa shape index (κ2) is 4.23. The minimum absolute atomic E-state index is 0.527. The number of likely N-dealkylation sites (N-methyl/N-ethyl adjacent to an activating group) is 1. The Morgan fingerprint density at radius 2 is 2.33 bits per heavy atom. The van der Waals surface area contributed by atoms with Crippen LogP contribution in [-0.4, -0.2) is 40.6 Å². The summed E-state index contributed by atoms with van der Waals surface area (Å²) in [6, 6.07) is 1.19. The maximum Gasteiger partial charge on any atom is 0.203 e. The summed E-state index contributed by atoms with van der Waals surface area (Å²) >= 11 is 0. The third kappa shape index (κ3) is 2.72. The van der Waals surface area contributed by atoms with Crippen molar-refractivity contribution in [3.05, 3.63) is 12.4 Å². The Bertz CT molecular complexity index is 314. The highest BCUT2D eigenvalue weighted by Crippen LogP contribution is 2.23. The first-order valence-corrected chi connectivity index (χ1v) is 5.61. The zero-order valence-electron chi connectivity index (χ0n) is 9.77. The van der Waals surface area contributed by atoms with E-state index < -0.39 is 0 Å². The van der Waals surface area contributed by atoms with Gasteiger partial charge in [0.2, 0.25) is 5.95 Å². The Morgan fingerprint density at radius 3 is 2.93 bits per heavy atom. The number of nitrogens with zero attached hydrogens (tertiary/aromatic N) is 3. The summed E-state index contributed by atoms with van der Waals surface area (Å²) in [7, 11) is 4.21. The molecule has 1 fully saturated rings. The van der Waals surface area contributed by atoms with Crippen molar-refractivity contribution in [2.24, 2.45) is 0 Å². The van der Waals surface area contributed by atoms with Crippen molar-refractivity contribution >= 4 is 5.95 Å². The van der Waals surface area contributed by atoms with Crippen molar-refractivity contribution in [1.29, 1.82) is 0 Å². The molecule has 1 aromatic rings. The summed E-state index contributed by atoms with van der Waals surface area (Å²) in [5.41, 5.74) is 0. The first-order chi connectivity index (χ1) is 7.16. The van der Waals surface area contributed by atoms with Crippen molar-refractivity contribution < 1.29 is 0 Å². The first kappa shape index (κ1) is 10.5. The number of anilines is 1. The fraction of sp³-hybridized carbons (Fsp3) is 0.727. The van der Waals surface area contributed by atoms with E-state index in [9.17, 15) is 0 Å². The molecule has 15 heavy (non-hydrogen) atoms. The lowest BCUT2D eigenvalue weighted by Crippen LogP contribution is -2.29. The van der Waals surface area contributed by atoms with Gasteiger partial charge in [-0.05, 0) is 33.9 Å². The minimum atomic E-state index is 0.527. The number of rotatable bonds is 5. The van der Waals surface area contributed by atoms with Crippen LogP contribution in [0.2, 0.25) is 0 Å². The molecule has 2 rings (SSSR count). The van der Waals surface area contributed by atoms with Crippen molar-refractivity contribution in [2.75, 3.05) is 19.4 Å². The number of nitrogens with one attached hydrogen (secondary N) is 1. The maximum atomic E-state index is 4.34. The monoisotopic (exact) mass is 208 g/mol. The molecule has 1 aliphatic rings. The van der Waals surface area contributed by atoms with Crippen LogP contribution in [0.1, 0.15) is 19.8 Å². The van der Waals surface area contributed by atoms with E-state index in [0.717, 1.165) is 12.5 Å². The molecule has 1 unspecified atom stereocenters. The predicted octanol–water partition coefficient (Wildman–Crippen LogP) is 1.41. The van der Waals surface area contributed by atoms with E-state index in [0.29, 0.717) is 12.1 Å². The van der Waals surface area contributed by atoms with E-state index >= 15 is 0 Å².